The van der Waals surface area contributed by atoms with Crippen molar-refractivity contribution < 1.29 is 19.4 Å². The summed E-state index contributed by atoms with van der Waals surface area (Å²) < 4.78 is 12.3. The van der Waals surface area contributed by atoms with Crippen molar-refractivity contribution in [3.8, 4) is 11.5 Å². The van der Waals surface area contributed by atoms with Gasteiger partial charge in [-0.1, -0.05) is 23.7 Å². The molecule has 3 aromatic rings. The first-order valence-electron chi connectivity index (χ1n) is 8.83. The van der Waals surface area contributed by atoms with Gasteiger partial charge in [0.05, 0.1) is 34.2 Å². The van der Waals surface area contributed by atoms with Crippen LogP contribution in [0.25, 0.3) is 21.2 Å². The molecule has 0 unspecified atom stereocenters. The Morgan fingerprint density at radius 1 is 1.34 bits per heavy atom. The number of carbonyl (C=O) groups is 1. The lowest BCUT2D eigenvalue weighted by atomic mass is 10.2. The third kappa shape index (κ3) is 5.44. The van der Waals surface area contributed by atoms with E-state index in [2.05, 4.69) is 4.98 Å². The predicted molar refractivity (Wildman–Crippen MR) is 121 cm³/mol. The topological polar surface area (TPSA) is 68.7 Å². The van der Waals surface area contributed by atoms with E-state index >= 15 is 0 Å². The van der Waals surface area contributed by atoms with Crippen molar-refractivity contribution in [3.05, 3.63) is 52.0 Å². The fourth-order valence-corrected chi connectivity index (χ4v) is 4.72. The smallest absolute Gasteiger partial charge is 0.313 e. The number of halogens is 1. The van der Waals surface area contributed by atoms with E-state index in [0.29, 0.717) is 16.5 Å². The SMILES string of the molecule is COc1cc(/C=C(\SCC(=O)O)c2nc3ccccc3s2)cc(Cl)c1OC(C)C. The summed E-state index contributed by atoms with van der Waals surface area (Å²) in [6, 6.07) is 11.4. The van der Waals surface area contributed by atoms with Gasteiger partial charge in [0, 0.05) is 4.91 Å². The standard InChI is InChI=1S/C21H20ClNO4S2/c1-12(2)27-20-14(22)8-13(9-16(20)26-3)10-18(28-11-19(24)25)21-23-15-6-4-5-7-17(15)29-21/h4-10,12H,11H2,1-3H3,(H,24,25)/b18-10-. The molecule has 0 aliphatic rings. The van der Waals surface area contributed by atoms with E-state index in [0.717, 1.165) is 25.7 Å². The summed E-state index contributed by atoms with van der Waals surface area (Å²) in [5.41, 5.74) is 1.65. The Morgan fingerprint density at radius 3 is 2.76 bits per heavy atom. The maximum Gasteiger partial charge on any atom is 0.313 e. The number of aliphatic carboxylic acids is 1. The van der Waals surface area contributed by atoms with Crippen LogP contribution in [0.4, 0.5) is 0 Å². The summed E-state index contributed by atoms with van der Waals surface area (Å²) in [6.07, 6.45) is 1.83. The second-order valence-electron chi connectivity index (χ2n) is 6.38. The molecule has 0 aliphatic heterocycles. The third-order valence-electron chi connectivity index (χ3n) is 3.76. The molecule has 1 heterocycles. The monoisotopic (exact) mass is 449 g/mol. The largest absolute Gasteiger partial charge is 0.493 e. The van der Waals surface area contributed by atoms with Crippen LogP contribution in [-0.4, -0.2) is 35.0 Å². The van der Waals surface area contributed by atoms with Crippen LogP contribution in [0.1, 0.15) is 24.4 Å². The number of nitrogens with zero attached hydrogens (tertiary/aromatic N) is 1. The Kier molecular flexibility index (Phi) is 7.05. The van der Waals surface area contributed by atoms with Crippen LogP contribution >= 0.6 is 34.7 Å². The van der Waals surface area contributed by atoms with Crippen molar-refractivity contribution in [1.82, 2.24) is 4.98 Å². The average Bonchev–Trinajstić information content (AvgIpc) is 3.10. The number of methoxy groups -OCH3 is 1. The minimum absolute atomic E-state index is 0.0489. The number of carboxylic acid groups (broad SMARTS) is 1. The van der Waals surface area contributed by atoms with E-state index in [1.54, 1.807) is 13.2 Å². The number of carboxylic acids is 1. The average molecular weight is 450 g/mol. The molecule has 0 amide bonds. The summed E-state index contributed by atoms with van der Waals surface area (Å²) in [6.45, 7) is 3.83. The Morgan fingerprint density at radius 2 is 2.10 bits per heavy atom. The van der Waals surface area contributed by atoms with Gasteiger partial charge in [-0.05, 0) is 49.8 Å². The number of benzene rings is 2. The molecule has 0 aliphatic carbocycles. The second kappa shape index (κ2) is 9.52. The number of para-hydroxylation sites is 1. The number of aromatic nitrogens is 1. The van der Waals surface area contributed by atoms with E-state index in [1.807, 2.05) is 50.3 Å². The highest BCUT2D eigenvalue weighted by atomic mass is 35.5. The lowest BCUT2D eigenvalue weighted by Crippen LogP contribution is -2.07. The fourth-order valence-electron chi connectivity index (χ4n) is 2.61. The normalized spacial score (nSPS) is 11.8. The highest BCUT2D eigenvalue weighted by Gasteiger charge is 2.16. The fraction of sp³-hybridized carbons (Fsp3) is 0.238. The molecule has 1 aromatic heterocycles. The molecule has 1 N–H and O–H groups in total. The molecule has 0 saturated carbocycles. The van der Waals surface area contributed by atoms with E-state index in [9.17, 15) is 4.79 Å². The molecular weight excluding hydrogens is 430 g/mol. The number of ether oxygens (including phenoxy) is 2. The van der Waals surface area contributed by atoms with Crippen LogP contribution in [0.2, 0.25) is 5.02 Å². The van der Waals surface area contributed by atoms with Crippen LogP contribution in [0.3, 0.4) is 0 Å². The van der Waals surface area contributed by atoms with Crippen molar-refractivity contribution >= 4 is 61.9 Å². The zero-order chi connectivity index (χ0) is 21.0. The van der Waals surface area contributed by atoms with Gasteiger partial charge in [-0.15, -0.1) is 23.1 Å². The summed E-state index contributed by atoms with van der Waals surface area (Å²) in [4.78, 5) is 16.5. The van der Waals surface area contributed by atoms with Gasteiger partial charge in [0.25, 0.3) is 0 Å². The Bertz CT molecular complexity index is 1030. The molecule has 2 aromatic carbocycles. The number of hydrogen-bond donors (Lipinski definition) is 1. The van der Waals surface area contributed by atoms with Gasteiger partial charge in [0.2, 0.25) is 0 Å². The zero-order valence-corrected chi connectivity index (χ0v) is 18.5. The molecule has 8 heteroatoms. The van der Waals surface area contributed by atoms with E-state index < -0.39 is 5.97 Å². The van der Waals surface area contributed by atoms with Crippen LogP contribution in [0, 0.1) is 0 Å². The Balaban J connectivity index is 2.05. The lowest BCUT2D eigenvalue weighted by Gasteiger charge is -2.16. The molecule has 0 spiro atoms. The minimum atomic E-state index is -0.890. The molecule has 29 heavy (non-hydrogen) atoms. The molecule has 0 atom stereocenters. The maximum atomic E-state index is 11.1. The lowest BCUT2D eigenvalue weighted by molar-refractivity contribution is -0.133. The summed E-state index contributed by atoms with van der Waals surface area (Å²) >= 11 is 9.17. The molecular formula is C21H20ClNO4S2. The second-order valence-corrected chi connectivity index (χ2v) is 8.83. The van der Waals surface area contributed by atoms with E-state index in [4.69, 9.17) is 26.2 Å². The molecule has 5 nitrogen and oxygen atoms in total. The van der Waals surface area contributed by atoms with Gasteiger partial charge in [-0.25, -0.2) is 4.98 Å². The van der Waals surface area contributed by atoms with Gasteiger partial charge < -0.3 is 14.6 Å². The number of rotatable bonds is 8. The van der Waals surface area contributed by atoms with Crippen molar-refractivity contribution in [2.45, 2.75) is 20.0 Å². The molecule has 0 radical (unpaired) electrons. The van der Waals surface area contributed by atoms with Crippen molar-refractivity contribution in [2.75, 3.05) is 12.9 Å². The molecule has 0 bridgehead atoms. The maximum absolute atomic E-state index is 11.1. The Hall–Kier alpha value is -2.22. The summed E-state index contributed by atoms with van der Waals surface area (Å²) in [7, 11) is 1.56. The van der Waals surface area contributed by atoms with E-state index in [1.165, 1.54) is 23.1 Å². The van der Waals surface area contributed by atoms with Gasteiger partial charge in [0.1, 0.15) is 5.01 Å². The number of thiazole rings is 1. The number of fused-ring (bicyclic) bond motifs is 1. The number of hydrogen-bond acceptors (Lipinski definition) is 6. The summed E-state index contributed by atoms with van der Waals surface area (Å²) in [5, 5.41) is 10.3. The predicted octanol–water partition coefficient (Wildman–Crippen LogP) is 6.06. The molecule has 3 rings (SSSR count). The highest BCUT2D eigenvalue weighted by molar-refractivity contribution is 8.09. The zero-order valence-electron chi connectivity index (χ0n) is 16.1. The van der Waals surface area contributed by atoms with Gasteiger partial charge >= 0.3 is 5.97 Å². The van der Waals surface area contributed by atoms with Crippen molar-refractivity contribution in [3.63, 3.8) is 0 Å². The van der Waals surface area contributed by atoms with Gasteiger partial charge in [0.15, 0.2) is 11.5 Å². The molecule has 152 valence electrons. The first-order chi connectivity index (χ1) is 13.9. The van der Waals surface area contributed by atoms with Crippen molar-refractivity contribution in [2.24, 2.45) is 0 Å². The minimum Gasteiger partial charge on any atom is -0.493 e. The highest BCUT2D eigenvalue weighted by Crippen LogP contribution is 2.40. The molecule has 0 fully saturated rings. The van der Waals surface area contributed by atoms with Gasteiger partial charge in [-0.2, -0.15) is 0 Å². The van der Waals surface area contributed by atoms with E-state index in [-0.39, 0.29) is 11.9 Å². The quantitative estimate of drug-likeness (QED) is 0.450. The van der Waals surface area contributed by atoms with Crippen LogP contribution in [0.5, 0.6) is 11.5 Å². The number of thioether (sulfide) groups is 1. The first-order valence-corrected chi connectivity index (χ1v) is 11.0. The van der Waals surface area contributed by atoms with Crippen LogP contribution < -0.4 is 9.47 Å². The van der Waals surface area contributed by atoms with Crippen LogP contribution in [0.15, 0.2) is 36.4 Å². The first kappa shape index (κ1) is 21.5. The van der Waals surface area contributed by atoms with Crippen LogP contribution in [-0.2, 0) is 4.79 Å². The third-order valence-corrected chi connectivity index (χ3v) is 6.25. The molecule has 0 saturated heterocycles. The Labute approximate surface area is 182 Å². The summed E-state index contributed by atoms with van der Waals surface area (Å²) in [5.74, 6) is 0.0462. The van der Waals surface area contributed by atoms with Gasteiger partial charge in [-0.3, -0.25) is 4.79 Å². The van der Waals surface area contributed by atoms with Crippen molar-refractivity contribution in [1.29, 1.82) is 0 Å².